The second-order valence-electron chi connectivity index (χ2n) is 5.94. The summed E-state index contributed by atoms with van der Waals surface area (Å²) in [6, 6.07) is 4.80. The maximum Gasteiger partial charge on any atom is 0.422 e. The van der Waals surface area contributed by atoms with Gasteiger partial charge in [0.2, 0.25) is 10.0 Å². The summed E-state index contributed by atoms with van der Waals surface area (Å²) < 4.78 is 73.3. The molecular formula is C15H22ClF3N2O4S. The average molecular weight is 419 g/mol. The van der Waals surface area contributed by atoms with E-state index in [4.69, 9.17) is 4.74 Å². The Labute approximate surface area is 156 Å². The molecular weight excluding hydrogens is 397 g/mol. The molecule has 0 bridgehead atoms. The average Bonchev–Trinajstić information content (AvgIpc) is 3.00. The van der Waals surface area contributed by atoms with E-state index >= 15 is 0 Å². The highest BCUT2D eigenvalue weighted by molar-refractivity contribution is 7.89. The van der Waals surface area contributed by atoms with E-state index in [0.717, 1.165) is 19.4 Å². The summed E-state index contributed by atoms with van der Waals surface area (Å²) in [5.41, 5.74) is -0.447. The molecule has 1 fully saturated rings. The molecule has 1 aliphatic rings. The van der Waals surface area contributed by atoms with Gasteiger partial charge in [0.05, 0.1) is 17.0 Å². The molecule has 1 aromatic carbocycles. The van der Waals surface area contributed by atoms with Gasteiger partial charge in [-0.3, -0.25) is 0 Å². The zero-order chi connectivity index (χ0) is 18.6. The van der Waals surface area contributed by atoms with Crippen molar-refractivity contribution in [3.63, 3.8) is 0 Å². The normalized spacial score (nSPS) is 20.6. The number of alkyl halides is 3. The van der Waals surface area contributed by atoms with Crippen LogP contribution in [0.1, 0.15) is 12.8 Å². The molecule has 0 spiro atoms. The van der Waals surface area contributed by atoms with Gasteiger partial charge in [0.15, 0.2) is 6.61 Å². The molecule has 150 valence electrons. The van der Waals surface area contributed by atoms with Gasteiger partial charge in [0, 0.05) is 13.7 Å². The highest BCUT2D eigenvalue weighted by Crippen LogP contribution is 2.22. The Morgan fingerprint density at radius 1 is 1.27 bits per heavy atom. The van der Waals surface area contributed by atoms with E-state index in [1.54, 1.807) is 7.11 Å². The van der Waals surface area contributed by atoms with E-state index in [1.165, 1.54) is 24.3 Å². The SMILES string of the molecule is COCC1(CNS(=O)(=O)c2ccc(OCC(F)(F)F)cc2)CCCN1.Cl. The van der Waals surface area contributed by atoms with Gasteiger partial charge in [0.25, 0.3) is 0 Å². The third-order valence-corrected chi connectivity index (χ3v) is 5.31. The first kappa shape index (κ1) is 23.0. The van der Waals surface area contributed by atoms with E-state index in [2.05, 4.69) is 14.8 Å². The quantitative estimate of drug-likeness (QED) is 0.676. The molecule has 6 nitrogen and oxygen atoms in total. The minimum atomic E-state index is -4.45. The second-order valence-corrected chi connectivity index (χ2v) is 7.71. The molecule has 0 aliphatic carbocycles. The summed E-state index contributed by atoms with van der Waals surface area (Å²) in [7, 11) is -2.24. The van der Waals surface area contributed by atoms with Crippen molar-refractivity contribution < 1.29 is 31.1 Å². The molecule has 2 rings (SSSR count). The summed E-state index contributed by atoms with van der Waals surface area (Å²) in [4.78, 5) is -0.0441. The summed E-state index contributed by atoms with van der Waals surface area (Å²) in [5, 5.41) is 3.26. The fraction of sp³-hybridized carbons (Fsp3) is 0.600. The first-order chi connectivity index (χ1) is 11.7. The van der Waals surface area contributed by atoms with E-state index in [9.17, 15) is 21.6 Å². The molecule has 1 aromatic rings. The zero-order valence-electron chi connectivity index (χ0n) is 14.1. The molecule has 0 aromatic heterocycles. The lowest BCUT2D eigenvalue weighted by Gasteiger charge is -2.28. The number of hydrogen-bond acceptors (Lipinski definition) is 5. The second kappa shape index (κ2) is 9.23. The Bertz CT molecular complexity index is 662. The van der Waals surface area contributed by atoms with Gasteiger partial charge < -0.3 is 14.8 Å². The highest BCUT2D eigenvalue weighted by atomic mass is 35.5. The van der Waals surface area contributed by atoms with Gasteiger partial charge in [-0.05, 0) is 43.7 Å². The van der Waals surface area contributed by atoms with Gasteiger partial charge in [-0.25, -0.2) is 13.1 Å². The summed E-state index contributed by atoms with van der Waals surface area (Å²) in [6.45, 7) is -0.103. The van der Waals surface area contributed by atoms with Crippen LogP contribution in [0.2, 0.25) is 0 Å². The minimum Gasteiger partial charge on any atom is -0.484 e. The number of methoxy groups -OCH3 is 1. The fourth-order valence-corrected chi connectivity index (χ4v) is 3.79. The highest BCUT2D eigenvalue weighted by Gasteiger charge is 2.35. The van der Waals surface area contributed by atoms with E-state index in [0.29, 0.717) is 6.61 Å². The number of sulfonamides is 1. The molecule has 1 unspecified atom stereocenters. The molecule has 1 saturated heterocycles. The predicted molar refractivity (Wildman–Crippen MR) is 92.3 cm³/mol. The third-order valence-electron chi connectivity index (χ3n) is 3.89. The van der Waals surface area contributed by atoms with E-state index < -0.39 is 28.3 Å². The van der Waals surface area contributed by atoms with Gasteiger partial charge >= 0.3 is 6.18 Å². The number of halogens is 4. The van der Waals surface area contributed by atoms with Crippen molar-refractivity contribution in [2.45, 2.75) is 29.5 Å². The Balaban J connectivity index is 0.00000338. The lowest BCUT2D eigenvalue weighted by molar-refractivity contribution is -0.153. The van der Waals surface area contributed by atoms with Gasteiger partial charge in [0.1, 0.15) is 5.75 Å². The van der Waals surface area contributed by atoms with Crippen LogP contribution in [0.3, 0.4) is 0 Å². The topological polar surface area (TPSA) is 76.7 Å². The van der Waals surface area contributed by atoms with Crippen LogP contribution in [0, 0.1) is 0 Å². The third kappa shape index (κ3) is 6.58. The molecule has 0 amide bonds. The summed E-state index contributed by atoms with van der Waals surface area (Å²) in [6.07, 6.45) is -2.74. The van der Waals surface area contributed by atoms with Crippen molar-refractivity contribution in [2.24, 2.45) is 0 Å². The van der Waals surface area contributed by atoms with Crippen LogP contribution < -0.4 is 14.8 Å². The van der Waals surface area contributed by atoms with Crippen LogP contribution in [0.5, 0.6) is 5.75 Å². The zero-order valence-corrected chi connectivity index (χ0v) is 15.8. The molecule has 2 N–H and O–H groups in total. The number of nitrogens with one attached hydrogen (secondary N) is 2. The first-order valence-corrected chi connectivity index (χ1v) is 9.17. The number of hydrogen-bond donors (Lipinski definition) is 2. The molecule has 1 heterocycles. The molecule has 0 radical (unpaired) electrons. The number of ether oxygens (including phenoxy) is 2. The number of benzene rings is 1. The van der Waals surface area contributed by atoms with Gasteiger partial charge in [-0.2, -0.15) is 13.2 Å². The standard InChI is InChI=1S/C15H21F3N2O4S.ClH/c1-23-10-14(7-2-8-19-14)9-20-25(21,22)13-5-3-12(4-6-13)24-11-15(16,17)18;/h3-6,19-20H,2,7-11H2,1H3;1H. The van der Waals surface area contributed by atoms with Gasteiger partial charge in [-0.15, -0.1) is 12.4 Å². The Hall–Kier alpha value is -1.07. The molecule has 0 saturated carbocycles. The van der Waals surface area contributed by atoms with Crippen LogP contribution in [0.15, 0.2) is 29.2 Å². The monoisotopic (exact) mass is 418 g/mol. The van der Waals surface area contributed by atoms with Crippen LogP contribution in [-0.2, 0) is 14.8 Å². The van der Waals surface area contributed by atoms with Crippen molar-refractivity contribution in [2.75, 3.05) is 33.4 Å². The molecule has 1 aliphatic heterocycles. The Morgan fingerprint density at radius 3 is 2.42 bits per heavy atom. The van der Waals surface area contributed by atoms with Crippen LogP contribution >= 0.6 is 12.4 Å². The van der Waals surface area contributed by atoms with E-state index in [1.807, 2.05) is 0 Å². The van der Waals surface area contributed by atoms with Crippen molar-refractivity contribution in [3.05, 3.63) is 24.3 Å². The van der Waals surface area contributed by atoms with Crippen LogP contribution in [0.4, 0.5) is 13.2 Å². The molecule has 11 heteroatoms. The Kier molecular flexibility index (Phi) is 8.15. The van der Waals surface area contributed by atoms with Crippen molar-refractivity contribution >= 4 is 22.4 Å². The molecule has 26 heavy (non-hydrogen) atoms. The minimum absolute atomic E-state index is 0. The summed E-state index contributed by atoms with van der Waals surface area (Å²) in [5.74, 6) is -0.0513. The lowest BCUT2D eigenvalue weighted by atomic mass is 9.99. The predicted octanol–water partition coefficient (Wildman–Crippen LogP) is 2.10. The van der Waals surface area contributed by atoms with Crippen LogP contribution in [-0.4, -0.2) is 53.5 Å². The van der Waals surface area contributed by atoms with Crippen molar-refractivity contribution in [1.82, 2.24) is 10.0 Å². The van der Waals surface area contributed by atoms with Crippen LogP contribution in [0.25, 0.3) is 0 Å². The maximum absolute atomic E-state index is 12.4. The van der Waals surface area contributed by atoms with Crippen molar-refractivity contribution in [1.29, 1.82) is 0 Å². The largest absolute Gasteiger partial charge is 0.484 e. The van der Waals surface area contributed by atoms with Gasteiger partial charge in [-0.1, -0.05) is 0 Å². The molecule has 1 atom stereocenters. The summed E-state index contributed by atoms with van der Waals surface area (Å²) >= 11 is 0. The van der Waals surface area contributed by atoms with E-state index in [-0.39, 0.29) is 29.6 Å². The smallest absolute Gasteiger partial charge is 0.422 e. The van der Waals surface area contributed by atoms with Crippen molar-refractivity contribution in [3.8, 4) is 5.75 Å². The first-order valence-electron chi connectivity index (χ1n) is 7.69. The number of rotatable bonds is 8. The Morgan fingerprint density at radius 2 is 1.92 bits per heavy atom. The fourth-order valence-electron chi connectivity index (χ4n) is 2.67. The maximum atomic E-state index is 12.4. The lowest BCUT2D eigenvalue weighted by Crippen LogP contribution is -2.52.